The summed E-state index contributed by atoms with van der Waals surface area (Å²) in [7, 11) is 4.75. The van der Waals surface area contributed by atoms with Crippen molar-refractivity contribution in [3.63, 3.8) is 0 Å². The summed E-state index contributed by atoms with van der Waals surface area (Å²) in [6, 6.07) is 44.2. The standard InChI is InChI=1S/C25H26O4.C24H24O4/c1-18-14-20(10-12-24(18)21-7-5-8-22(16-21)27-2)17-29-23-9-4-6-19(15-23)11-13-25(26)28-3;1-17-13-19(9-11-23(17)20-6-4-7-21(15-20)27-2)16-28-22-8-3-5-18(14-22)10-12-24(25)26/h4-10,12,14-16H,11,13,17H2,1-3H3;3-9,11,13-15H,10,12,16H2,1-2H3,(H,25,26). The number of hydrogen-bond acceptors (Lipinski definition) is 7. The van der Waals surface area contributed by atoms with Gasteiger partial charge in [0.05, 0.1) is 21.3 Å². The van der Waals surface area contributed by atoms with Crippen LogP contribution in [0.5, 0.6) is 23.0 Å². The van der Waals surface area contributed by atoms with E-state index < -0.39 is 5.97 Å². The van der Waals surface area contributed by atoms with E-state index in [1.54, 1.807) is 14.2 Å². The van der Waals surface area contributed by atoms with Crippen LogP contribution in [0.3, 0.4) is 0 Å². The van der Waals surface area contributed by atoms with Crippen LogP contribution in [-0.4, -0.2) is 38.4 Å². The minimum Gasteiger partial charge on any atom is -0.497 e. The number of esters is 1. The molecule has 0 saturated carbocycles. The van der Waals surface area contributed by atoms with Gasteiger partial charge in [-0.05, 0) is 131 Å². The number of aliphatic carboxylic acids is 1. The highest BCUT2D eigenvalue weighted by Gasteiger charge is 2.09. The molecule has 0 atom stereocenters. The number of carbonyl (C=O) groups excluding carboxylic acids is 1. The van der Waals surface area contributed by atoms with Gasteiger partial charge in [-0.3, -0.25) is 9.59 Å². The van der Waals surface area contributed by atoms with Crippen molar-refractivity contribution in [3.8, 4) is 45.3 Å². The molecule has 8 heteroatoms. The largest absolute Gasteiger partial charge is 0.497 e. The number of carbonyl (C=O) groups is 2. The molecule has 8 nitrogen and oxygen atoms in total. The van der Waals surface area contributed by atoms with Crippen LogP contribution in [0.15, 0.2) is 133 Å². The maximum Gasteiger partial charge on any atom is 0.305 e. The van der Waals surface area contributed by atoms with Crippen LogP contribution in [-0.2, 0) is 40.4 Å². The van der Waals surface area contributed by atoms with Crippen LogP contribution in [0, 0.1) is 13.8 Å². The molecule has 294 valence electrons. The minimum absolute atomic E-state index is 0.119. The van der Waals surface area contributed by atoms with Crippen molar-refractivity contribution in [2.45, 2.75) is 52.7 Å². The summed E-state index contributed by atoms with van der Waals surface area (Å²) < 4.78 is 27.2. The number of ether oxygens (including phenoxy) is 5. The van der Waals surface area contributed by atoms with Gasteiger partial charge in [-0.15, -0.1) is 0 Å². The van der Waals surface area contributed by atoms with Crippen molar-refractivity contribution < 1.29 is 38.4 Å². The maximum absolute atomic E-state index is 11.3. The molecule has 0 aromatic heterocycles. The Bertz CT molecular complexity index is 2260. The van der Waals surface area contributed by atoms with Gasteiger partial charge in [0.15, 0.2) is 0 Å². The van der Waals surface area contributed by atoms with Gasteiger partial charge in [-0.2, -0.15) is 0 Å². The fourth-order valence-electron chi connectivity index (χ4n) is 6.37. The Labute approximate surface area is 335 Å². The van der Waals surface area contributed by atoms with Crippen LogP contribution in [0.2, 0.25) is 0 Å². The molecule has 6 aromatic rings. The first-order valence-electron chi connectivity index (χ1n) is 18.8. The number of aryl methyl sites for hydroxylation is 4. The van der Waals surface area contributed by atoms with E-state index in [0.29, 0.717) is 32.5 Å². The Hall–Kier alpha value is -6.54. The SMILES string of the molecule is COC(=O)CCc1cccc(OCc2ccc(-c3cccc(OC)c3)c(C)c2)c1.COc1cccc(-c2ccc(COc3cccc(CCC(=O)O)c3)cc2C)c1. The van der Waals surface area contributed by atoms with Crippen LogP contribution in [0.4, 0.5) is 0 Å². The lowest BCUT2D eigenvalue weighted by atomic mass is 9.98. The van der Waals surface area contributed by atoms with E-state index >= 15 is 0 Å². The van der Waals surface area contributed by atoms with Crippen molar-refractivity contribution >= 4 is 11.9 Å². The first-order chi connectivity index (χ1) is 27.6. The molecule has 0 bridgehead atoms. The first-order valence-corrected chi connectivity index (χ1v) is 18.8. The highest BCUT2D eigenvalue weighted by atomic mass is 16.5. The molecular formula is C49H50O8. The molecule has 0 aliphatic carbocycles. The third-order valence-corrected chi connectivity index (χ3v) is 9.42. The lowest BCUT2D eigenvalue weighted by molar-refractivity contribution is -0.140. The Morgan fingerprint density at radius 1 is 0.491 bits per heavy atom. The van der Waals surface area contributed by atoms with E-state index in [2.05, 4.69) is 62.4 Å². The van der Waals surface area contributed by atoms with Gasteiger partial charge in [0, 0.05) is 12.8 Å². The molecule has 6 rings (SSSR count). The zero-order valence-corrected chi connectivity index (χ0v) is 33.2. The Kier molecular flexibility index (Phi) is 15.3. The molecule has 0 amide bonds. The first kappa shape index (κ1) is 41.6. The molecule has 6 aromatic carbocycles. The number of benzene rings is 6. The van der Waals surface area contributed by atoms with Crippen LogP contribution >= 0.6 is 0 Å². The number of carboxylic acid groups (broad SMARTS) is 1. The van der Waals surface area contributed by atoms with E-state index in [1.165, 1.54) is 29.4 Å². The van der Waals surface area contributed by atoms with Gasteiger partial charge in [0.2, 0.25) is 0 Å². The smallest absolute Gasteiger partial charge is 0.305 e. The lowest BCUT2D eigenvalue weighted by Crippen LogP contribution is -2.02. The molecule has 0 unspecified atom stereocenters. The van der Waals surface area contributed by atoms with Crippen molar-refractivity contribution in [1.29, 1.82) is 0 Å². The van der Waals surface area contributed by atoms with Crippen molar-refractivity contribution in [2.24, 2.45) is 0 Å². The molecule has 0 aliphatic rings. The second-order valence-electron chi connectivity index (χ2n) is 13.6. The van der Waals surface area contributed by atoms with Gasteiger partial charge in [-0.25, -0.2) is 0 Å². The van der Waals surface area contributed by atoms with Crippen LogP contribution in [0.1, 0.15) is 46.2 Å². The van der Waals surface area contributed by atoms with E-state index in [4.69, 9.17) is 28.8 Å². The predicted octanol–water partition coefficient (Wildman–Crippen LogP) is 10.6. The number of carboxylic acids is 1. The summed E-state index contributed by atoms with van der Waals surface area (Å²) in [5.74, 6) is 2.23. The molecule has 0 radical (unpaired) electrons. The summed E-state index contributed by atoms with van der Waals surface area (Å²) >= 11 is 0. The predicted molar refractivity (Wildman–Crippen MR) is 224 cm³/mol. The van der Waals surface area contributed by atoms with Crippen molar-refractivity contribution in [3.05, 3.63) is 167 Å². The van der Waals surface area contributed by atoms with E-state index in [1.807, 2.05) is 84.9 Å². The molecule has 0 heterocycles. The van der Waals surface area contributed by atoms with Crippen LogP contribution in [0.25, 0.3) is 22.3 Å². The number of rotatable bonds is 16. The fraction of sp³-hybridized carbons (Fsp3) is 0.224. The molecule has 0 spiro atoms. The molecule has 1 N–H and O–H groups in total. The summed E-state index contributed by atoms with van der Waals surface area (Å²) in [5.41, 5.74) is 11.2. The summed E-state index contributed by atoms with van der Waals surface area (Å²) in [6.07, 6.45) is 1.62. The lowest BCUT2D eigenvalue weighted by Gasteiger charge is -2.12. The topological polar surface area (TPSA) is 101 Å². The average molecular weight is 767 g/mol. The van der Waals surface area contributed by atoms with E-state index in [9.17, 15) is 9.59 Å². The van der Waals surface area contributed by atoms with Gasteiger partial charge >= 0.3 is 11.9 Å². The Balaban J connectivity index is 0.000000218. The van der Waals surface area contributed by atoms with Gasteiger partial charge < -0.3 is 28.8 Å². The summed E-state index contributed by atoms with van der Waals surface area (Å²) in [6.45, 7) is 5.14. The zero-order valence-electron chi connectivity index (χ0n) is 33.2. The second kappa shape index (κ2) is 20.9. The second-order valence-corrected chi connectivity index (χ2v) is 13.6. The highest BCUT2D eigenvalue weighted by molar-refractivity contribution is 5.71. The number of methoxy groups -OCH3 is 3. The molecular weight excluding hydrogens is 717 g/mol. The Morgan fingerprint density at radius 3 is 1.35 bits per heavy atom. The third-order valence-electron chi connectivity index (χ3n) is 9.42. The van der Waals surface area contributed by atoms with Crippen molar-refractivity contribution in [1.82, 2.24) is 0 Å². The number of hydrogen-bond donors (Lipinski definition) is 1. The Morgan fingerprint density at radius 2 is 0.930 bits per heavy atom. The molecule has 0 aliphatic heterocycles. The minimum atomic E-state index is -0.794. The fourth-order valence-corrected chi connectivity index (χ4v) is 6.37. The van der Waals surface area contributed by atoms with E-state index in [0.717, 1.165) is 56.4 Å². The highest BCUT2D eigenvalue weighted by Crippen LogP contribution is 2.29. The van der Waals surface area contributed by atoms with Gasteiger partial charge in [0.25, 0.3) is 0 Å². The zero-order chi connectivity index (χ0) is 40.6. The third kappa shape index (κ3) is 12.8. The molecule has 0 fully saturated rings. The molecule has 57 heavy (non-hydrogen) atoms. The van der Waals surface area contributed by atoms with Crippen LogP contribution < -0.4 is 18.9 Å². The average Bonchev–Trinajstić information content (AvgIpc) is 3.24. The van der Waals surface area contributed by atoms with Crippen molar-refractivity contribution in [2.75, 3.05) is 21.3 Å². The summed E-state index contributed by atoms with van der Waals surface area (Å²) in [5, 5.41) is 8.82. The summed E-state index contributed by atoms with van der Waals surface area (Å²) in [4.78, 5) is 22.0. The monoisotopic (exact) mass is 766 g/mol. The van der Waals surface area contributed by atoms with E-state index in [-0.39, 0.29) is 12.4 Å². The molecule has 0 saturated heterocycles. The maximum atomic E-state index is 11.3. The van der Waals surface area contributed by atoms with Gasteiger partial charge in [-0.1, -0.05) is 84.9 Å². The normalized spacial score (nSPS) is 10.5. The van der Waals surface area contributed by atoms with Gasteiger partial charge in [0.1, 0.15) is 36.2 Å². The quantitative estimate of drug-likeness (QED) is 0.0972.